The zero-order valence-electron chi connectivity index (χ0n) is 7.82. The van der Waals surface area contributed by atoms with E-state index in [0.29, 0.717) is 12.3 Å². The number of nitrogens with zero attached hydrogens (tertiary/aromatic N) is 1. The third kappa shape index (κ3) is 5.82. The van der Waals surface area contributed by atoms with Crippen molar-refractivity contribution >= 4 is 12.0 Å². The minimum absolute atomic E-state index is 0.291. The Morgan fingerprint density at radius 3 is 2.69 bits per heavy atom. The second-order valence-electron chi connectivity index (χ2n) is 2.95. The Hall–Kier alpha value is -1.41. The van der Waals surface area contributed by atoms with Crippen LogP contribution in [-0.4, -0.2) is 18.3 Å². The molecule has 0 radical (unpaired) electrons. The summed E-state index contributed by atoms with van der Waals surface area (Å²) in [4.78, 5) is 24.1. The van der Waals surface area contributed by atoms with E-state index in [0.717, 1.165) is 6.08 Å². The zero-order chi connectivity index (χ0) is 10.3. The van der Waals surface area contributed by atoms with Crippen molar-refractivity contribution in [3.8, 4) is 0 Å². The normalized spacial score (nSPS) is 11.6. The number of carbonyl (C=O) groups excluding carboxylic acids is 2. The van der Waals surface area contributed by atoms with Gasteiger partial charge in [-0.15, -0.1) is 0 Å². The molecule has 0 saturated heterocycles. The van der Waals surface area contributed by atoms with Gasteiger partial charge in [-0.05, 0) is 5.92 Å². The highest BCUT2D eigenvalue weighted by Gasteiger charge is 2.12. The maximum absolute atomic E-state index is 10.7. The number of ether oxygens (including phenoxy) is 1. The van der Waals surface area contributed by atoms with E-state index in [4.69, 9.17) is 4.74 Å². The van der Waals surface area contributed by atoms with Crippen LogP contribution in [0.3, 0.4) is 0 Å². The van der Waals surface area contributed by atoms with Gasteiger partial charge in [0.1, 0.15) is 0 Å². The van der Waals surface area contributed by atoms with Crippen LogP contribution in [0, 0.1) is 5.92 Å². The fourth-order valence-corrected chi connectivity index (χ4v) is 0.771. The van der Waals surface area contributed by atoms with E-state index in [1.54, 1.807) is 0 Å². The molecular formula is C9H13NO3. The molecule has 0 aromatic carbocycles. The van der Waals surface area contributed by atoms with E-state index in [9.17, 15) is 9.59 Å². The van der Waals surface area contributed by atoms with Crippen LogP contribution in [0.5, 0.6) is 0 Å². The van der Waals surface area contributed by atoms with Gasteiger partial charge in [-0.25, -0.2) is 9.59 Å². The van der Waals surface area contributed by atoms with Crippen LogP contribution < -0.4 is 0 Å². The second kappa shape index (κ2) is 6.14. The molecule has 0 N–H and O–H groups in total. The predicted molar refractivity (Wildman–Crippen MR) is 47.7 cm³/mol. The summed E-state index contributed by atoms with van der Waals surface area (Å²) in [6, 6.07) is 0. The Morgan fingerprint density at radius 1 is 1.69 bits per heavy atom. The molecule has 0 bridgehead atoms. The third-order valence-electron chi connectivity index (χ3n) is 1.29. The summed E-state index contributed by atoms with van der Waals surface area (Å²) in [6.07, 6.45) is 2.18. The molecule has 72 valence electrons. The summed E-state index contributed by atoms with van der Waals surface area (Å²) in [5.41, 5.74) is 0. The first kappa shape index (κ1) is 11.6. The lowest BCUT2D eigenvalue weighted by Gasteiger charge is -2.12. The van der Waals surface area contributed by atoms with Crippen LogP contribution in [0.4, 0.5) is 0 Å². The minimum Gasteiger partial charge on any atom is -0.436 e. The number of hydrogen-bond donors (Lipinski definition) is 0. The van der Waals surface area contributed by atoms with E-state index in [2.05, 4.69) is 11.6 Å². The summed E-state index contributed by atoms with van der Waals surface area (Å²) < 4.78 is 4.76. The lowest BCUT2D eigenvalue weighted by atomic mass is 10.1. The van der Waals surface area contributed by atoms with Gasteiger partial charge in [-0.2, -0.15) is 4.99 Å². The van der Waals surface area contributed by atoms with Crippen molar-refractivity contribution in [3.63, 3.8) is 0 Å². The van der Waals surface area contributed by atoms with Crippen LogP contribution >= 0.6 is 0 Å². The van der Waals surface area contributed by atoms with Gasteiger partial charge in [-0.1, -0.05) is 20.4 Å². The van der Waals surface area contributed by atoms with Crippen molar-refractivity contribution in [1.82, 2.24) is 0 Å². The molecule has 0 heterocycles. The van der Waals surface area contributed by atoms with Gasteiger partial charge < -0.3 is 4.74 Å². The van der Waals surface area contributed by atoms with Gasteiger partial charge in [0.2, 0.25) is 12.3 Å². The van der Waals surface area contributed by atoms with E-state index >= 15 is 0 Å². The molecule has 0 aliphatic rings. The molecule has 0 spiro atoms. The SMILES string of the molecule is C=CC(=O)OC(CC(C)C)N=C=O. The monoisotopic (exact) mass is 183 g/mol. The first-order valence-corrected chi connectivity index (χ1v) is 4.00. The van der Waals surface area contributed by atoms with Gasteiger partial charge in [0.05, 0.1) is 0 Å². The van der Waals surface area contributed by atoms with Crippen molar-refractivity contribution in [2.24, 2.45) is 10.9 Å². The van der Waals surface area contributed by atoms with E-state index < -0.39 is 12.2 Å². The summed E-state index contributed by atoms with van der Waals surface area (Å²) >= 11 is 0. The van der Waals surface area contributed by atoms with Crippen molar-refractivity contribution < 1.29 is 14.3 Å². The molecule has 0 amide bonds. The molecule has 0 rings (SSSR count). The highest BCUT2D eigenvalue weighted by molar-refractivity contribution is 5.81. The topological polar surface area (TPSA) is 55.7 Å². The quantitative estimate of drug-likeness (QED) is 0.280. The van der Waals surface area contributed by atoms with Crippen LogP contribution in [0.25, 0.3) is 0 Å². The highest BCUT2D eigenvalue weighted by atomic mass is 16.6. The predicted octanol–water partition coefficient (Wildman–Crippen LogP) is 1.42. The van der Waals surface area contributed by atoms with Crippen molar-refractivity contribution in [1.29, 1.82) is 0 Å². The van der Waals surface area contributed by atoms with Gasteiger partial charge >= 0.3 is 5.97 Å². The molecule has 0 aliphatic heterocycles. The summed E-state index contributed by atoms with van der Waals surface area (Å²) in [5, 5.41) is 0. The molecule has 0 fully saturated rings. The Kier molecular flexibility index (Phi) is 5.48. The molecule has 4 nitrogen and oxygen atoms in total. The first-order chi connectivity index (χ1) is 6.10. The molecule has 4 heteroatoms. The summed E-state index contributed by atoms with van der Waals surface area (Å²) in [7, 11) is 0. The second-order valence-corrected chi connectivity index (χ2v) is 2.95. The zero-order valence-corrected chi connectivity index (χ0v) is 7.82. The summed E-state index contributed by atoms with van der Waals surface area (Å²) in [5.74, 6) is -0.288. The van der Waals surface area contributed by atoms with Crippen LogP contribution in [0.15, 0.2) is 17.6 Å². The maximum Gasteiger partial charge on any atom is 0.332 e. The fraction of sp³-hybridized carbons (Fsp3) is 0.556. The lowest BCUT2D eigenvalue weighted by Crippen LogP contribution is -2.16. The smallest absolute Gasteiger partial charge is 0.332 e. The number of esters is 1. The standard InChI is InChI=1S/C9H13NO3/c1-4-9(12)13-8(10-6-11)5-7(2)3/h4,7-8H,1,5H2,2-3H3. The van der Waals surface area contributed by atoms with Crippen molar-refractivity contribution in [2.45, 2.75) is 26.5 Å². The van der Waals surface area contributed by atoms with Crippen LogP contribution in [0.1, 0.15) is 20.3 Å². The van der Waals surface area contributed by atoms with E-state index in [1.807, 2.05) is 13.8 Å². The summed E-state index contributed by atoms with van der Waals surface area (Å²) in [6.45, 7) is 7.12. The average Bonchev–Trinajstić information content (AvgIpc) is 2.03. The van der Waals surface area contributed by atoms with Crippen LogP contribution in [0.2, 0.25) is 0 Å². The van der Waals surface area contributed by atoms with Crippen molar-refractivity contribution in [3.05, 3.63) is 12.7 Å². The largest absolute Gasteiger partial charge is 0.436 e. The van der Waals surface area contributed by atoms with Gasteiger partial charge in [0.15, 0.2) is 0 Å². The maximum atomic E-state index is 10.7. The number of isocyanates is 1. The molecular weight excluding hydrogens is 170 g/mol. The van der Waals surface area contributed by atoms with Crippen molar-refractivity contribution in [2.75, 3.05) is 0 Å². The highest BCUT2D eigenvalue weighted by Crippen LogP contribution is 2.09. The Morgan fingerprint density at radius 2 is 2.31 bits per heavy atom. The molecule has 1 unspecified atom stereocenters. The lowest BCUT2D eigenvalue weighted by molar-refractivity contribution is -0.143. The molecule has 13 heavy (non-hydrogen) atoms. The molecule has 0 aromatic heterocycles. The number of aliphatic imine (C=N–C) groups is 1. The van der Waals surface area contributed by atoms with Gasteiger partial charge in [-0.3, -0.25) is 0 Å². The molecule has 0 saturated carbocycles. The Labute approximate surface area is 77.3 Å². The number of carbonyl (C=O) groups is 1. The molecule has 0 aromatic rings. The van der Waals surface area contributed by atoms with Crippen LogP contribution in [-0.2, 0) is 14.3 Å². The molecule has 1 atom stereocenters. The Bertz CT molecular complexity index is 229. The number of rotatable bonds is 5. The Balaban J connectivity index is 4.16. The fourth-order valence-electron chi connectivity index (χ4n) is 0.771. The minimum atomic E-state index is -0.733. The van der Waals surface area contributed by atoms with E-state index in [-0.39, 0.29) is 0 Å². The number of hydrogen-bond acceptors (Lipinski definition) is 4. The molecule has 0 aliphatic carbocycles. The van der Waals surface area contributed by atoms with Gasteiger partial charge in [0.25, 0.3) is 0 Å². The first-order valence-electron chi connectivity index (χ1n) is 4.00. The third-order valence-corrected chi connectivity index (χ3v) is 1.29. The van der Waals surface area contributed by atoms with E-state index in [1.165, 1.54) is 6.08 Å². The van der Waals surface area contributed by atoms with Gasteiger partial charge in [0, 0.05) is 12.5 Å². The average molecular weight is 183 g/mol.